The minimum absolute atomic E-state index is 0.103. The van der Waals surface area contributed by atoms with Crippen LogP contribution in [0.25, 0.3) is 6.08 Å². The molecule has 108 valence electrons. The van der Waals surface area contributed by atoms with Gasteiger partial charge in [0.25, 0.3) is 0 Å². The zero-order chi connectivity index (χ0) is 14.4. The lowest BCUT2D eigenvalue weighted by molar-refractivity contribution is -0.127. The van der Waals surface area contributed by atoms with Crippen LogP contribution in [-0.2, 0) is 9.59 Å². The van der Waals surface area contributed by atoms with Gasteiger partial charge >= 0.3 is 0 Å². The van der Waals surface area contributed by atoms with Crippen molar-refractivity contribution in [3.8, 4) is 0 Å². The van der Waals surface area contributed by atoms with Crippen LogP contribution in [0.3, 0.4) is 0 Å². The summed E-state index contributed by atoms with van der Waals surface area (Å²) in [6.07, 6.45) is 7.65. The van der Waals surface area contributed by atoms with Gasteiger partial charge in [-0.15, -0.1) is 0 Å². The fourth-order valence-corrected chi connectivity index (χ4v) is 2.89. The number of amides is 2. The average molecular weight is 292 g/mol. The van der Waals surface area contributed by atoms with Gasteiger partial charge in [-0.1, -0.05) is 12.8 Å². The number of rotatable bonds is 5. The molecule has 1 atom stereocenters. The van der Waals surface area contributed by atoms with Crippen LogP contribution in [0.1, 0.15) is 38.2 Å². The van der Waals surface area contributed by atoms with Crippen LogP contribution in [0.4, 0.5) is 0 Å². The van der Waals surface area contributed by atoms with Crippen molar-refractivity contribution < 1.29 is 9.59 Å². The standard InChI is InChI=1S/C15H20N2O2S/c1-11(15(19)17-13-4-2-3-5-13)16-14(18)7-6-12-8-9-20-10-12/h6-11,13H,2-5H2,1H3,(H,16,18)(H,17,19). The Labute approximate surface area is 123 Å². The second-order valence-electron chi connectivity index (χ2n) is 5.11. The van der Waals surface area contributed by atoms with Crippen molar-refractivity contribution >= 4 is 29.2 Å². The normalized spacial score (nSPS) is 17.2. The van der Waals surface area contributed by atoms with Crippen LogP contribution in [-0.4, -0.2) is 23.9 Å². The van der Waals surface area contributed by atoms with Gasteiger partial charge in [0.15, 0.2) is 0 Å². The van der Waals surface area contributed by atoms with E-state index in [0.29, 0.717) is 0 Å². The first-order chi connectivity index (χ1) is 9.65. The molecule has 1 saturated carbocycles. The highest BCUT2D eigenvalue weighted by atomic mass is 32.1. The highest BCUT2D eigenvalue weighted by molar-refractivity contribution is 7.08. The molecule has 1 aromatic rings. The molecule has 2 rings (SSSR count). The third-order valence-corrected chi connectivity index (χ3v) is 4.13. The Hall–Kier alpha value is -1.62. The maximum atomic E-state index is 11.9. The second kappa shape index (κ2) is 7.24. The van der Waals surface area contributed by atoms with Crippen LogP contribution < -0.4 is 10.6 Å². The fourth-order valence-electron chi connectivity index (χ4n) is 2.27. The van der Waals surface area contributed by atoms with Gasteiger partial charge in [0.1, 0.15) is 6.04 Å². The van der Waals surface area contributed by atoms with Crippen molar-refractivity contribution in [2.75, 3.05) is 0 Å². The molecule has 1 unspecified atom stereocenters. The zero-order valence-corrected chi connectivity index (χ0v) is 12.4. The molecular formula is C15H20N2O2S. The largest absolute Gasteiger partial charge is 0.352 e. The van der Waals surface area contributed by atoms with Crippen molar-refractivity contribution in [3.63, 3.8) is 0 Å². The molecule has 1 aromatic heterocycles. The topological polar surface area (TPSA) is 58.2 Å². The molecule has 0 aromatic carbocycles. The van der Waals surface area contributed by atoms with Crippen LogP contribution in [0.2, 0.25) is 0 Å². The predicted molar refractivity (Wildman–Crippen MR) is 81.4 cm³/mol. The van der Waals surface area contributed by atoms with E-state index in [9.17, 15) is 9.59 Å². The van der Waals surface area contributed by atoms with Gasteiger partial charge in [-0.05, 0) is 48.2 Å². The van der Waals surface area contributed by atoms with Crippen molar-refractivity contribution in [2.24, 2.45) is 0 Å². The van der Waals surface area contributed by atoms with E-state index in [1.165, 1.54) is 18.9 Å². The van der Waals surface area contributed by atoms with Gasteiger partial charge < -0.3 is 10.6 Å². The number of carbonyl (C=O) groups is 2. The molecule has 0 spiro atoms. The Kier molecular flexibility index (Phi) is 5.35. The molecule has 1 aliphatic rings. The first-order valence-electron chi connectivity index (χ1n) is 6.96. The van der Waals surface area contributed by atoms with E-state index >= 15 is 0 Å². The molecule has 0 saturated heterocycles. The Morgan fingerprint density at radius 1 is 1.40 bits per heavy atom. The molecule has 4 nitrogen and oxygen atoms in total. The van der Waals surface area contributed by atoms with Gasteiger partial charge in [-0.25, -0.2) is 0 Å². The summed E-state index contributed by atoms with van der Waals surface area (Å²) in [6, 6.07) is 1.71. The van der Waals surface area contributed by atoms with E-state index in [1.54, 1.807) is 24.3 Å². The number of nitrogens with one attached hydrogen (secondary N) is 2. The molecule has 5 heteroatoms. The summed E-state index contributed by atoms with van der Waals surface area (Å²) in [7, 11) is 0. The van der Waals surface area contributed by atoms with Crippen molar-refractivity contribution in [1.82, 2.24) is 10.6 Å². The Morgan fingerprint density at radius 3 is 2.80 bits per heavy atom. The van der Waals surface area contributed by atoms with Gasteiger partial charge in [-0.3, -0.25) is 9.59 Å². The maximum Gasteiger partial charge on any atom is 0.244 e. The first-order valence-corrected chi connectivity index (χ1v) is 7.90. The lowest BCUT2D eigenvalue weighted by Crippen LogP contribution is -2.47. The minimum atomic E-state index is -0.504. The highest BCUT2D eigenvalue weighted by Gasteiger charge is 2.21. The van der Waals surface area contributed by atoms with Crippen molar-refractivity contribution in [1.29, 1.82) is 0 Å². The summed E-state index contributed by atoms with van der Waals surface area (Å²) in [5, 5.41) is 9.57. The van der Waals surface area contributed by atoms with Gasteiger partial charge in [-0.2, -0.15) is 11.3 Å². The molecule has 0 aliphatic heterocycles. The Balaban J connectivity index is 1.76. The molecule has 1 aliphatic carbocycles. The number of hydrogen-bond donors (Lipinski definition) is 2. The van der Waals surface area contributed by atoms with Crippen LogP contribution in [0.15, 0.2) is 22.9 Å². The third-order valence-electron chi connectivity index (χ3n) is 3.42. The van der Waals surface area contributed by atoms with Gasteiger partial charge in [0, 0.05) is 12.1 Å². The highest BCUT2D eigenvalue weighted by Crippen LogP contribution is 2.17. The second-order valence-corrected chi connectivity index (χ2v) is 5.89. The van der Waals surface area contributed by atoms with E-state index in [2.05, 4.69) is 10.6 Å². The first kappa shape index (κ1) is 14.8. The number of thiophene rings is 1. The summed E-state index contributed by atoms with van der Waals surface area (Å²) in [5.74, 6) is -0.348. The Morgan fingerprint density at radius 2 is 2.15 bits per heavy atom. The molecule has 0 radical (unpaired) electrons. The van der Waals surface area contributed by atoms with E-state index in [4.69, 9.17) is 0 Å². The molecule has 0 bridgehead atoms. The lowest BCUT2D eigenvalue weighted by atomic mass is 10.2. The quantitative estimate of drug-likeness (QED) is 0.818. The van der Waals surface area contributed by atoms with Crippen LogP contribution in [0, 0.1) is 0 Å². The molecule has 2 N–H and O–H groups in total. The minimum Gasteiger partial charge on any atom is -0.352 e. The van der Waals surface area contributed by atoms with Crippen LogP contribution >= 0.6 is 11.3 Å². The van der Waals surface area contributed by atoms with Crippen molar-refractivity contribution in [3.05, 3.63) is 28.5 Å². The predicted octanol–water partition coefficient (Wildman–Crippen LogP) is 2.32. The molecular weight excluding hydrogens is 272 g/mol. The zero-order valence-electron chi connectivity index (χ0n) is 11.6. The van der Waals surface area contributed by atoms with E-state index < -0.39 is 6.04 Å². The number of hydrogen-bond acceptors (Lipinski definition) is 3. The van der Waals surface area contributed by atoms with Gasteiger partial charge in [0.05, 0.1) is 0 Å². The van der Waals surface area contributed by atoms with E-state index in [-0.39, 0.29) is 17.9 Å². The monoisotopic (exact) mass is 292 g/mol. The maximum absolute atomic E-state index is 11.9. The summed E-state index contributed by atoms with van der Waals surface area (Å²) in [5.41, 5.74) is 0.994. The summed E-state index contributed by atoms with van der Waals surface area (Å²) < 4.78 is 0. The van der Waals surface area contributed by atoms with E-state index in [1.807, 2.05) is 16.8 Å². The summed E-state index contributed by atoms with van der Waals surface area (Å²) in [4.78, 5) is 23.6. The van der Waals surface area contributed by atoms with Gasteiger partial charge in [0.2, 0.25) is 11.8 Å². The molecule has 1 fully saturated rings. The third kappa shape index (κ3) is 4.49. The molecule has 1 heterocycles. The molecule has 2 amide bonds. The summed E-state index contributed by atoms with van der Waals surface area (Å²) in [6.45, 7) is 1.71. The lowest BCUT2D eigenvalue weighted by Gasteiger charge is -2.17. The fraction of sp³-hybridized carbons (Fsp3) is 0.467. The molecule has 20 heavy (non-hydrogen) atoms. The SMILES string of the molecule is CC(NC(=O)C=Cc1ccsc1)C(=O)NC1CCCC1. The average Bonchev–Trinajstić information content (AvgIpc) is 3.09. The smallest absolute Gasteiger partial charge is 0.244 e. The van der Waals surface area contributed by atoms with Crippen LogP contribution in [0.5, 0.6) is 0 Å². The Bertz CT molecular complexity index is 476. The van der Waals surface area contributed by atoms with Crippen molar-refractivity contribution in [2.45, 2.75) is 44.7 Å². The summed E-state index contributed by atoms with van der Waals surface area (Å²) >= 11 is 1.58. The number of carbonyl (C=O) groups excluding carboxylic acids is 2. The van der Waals surface area contributed by atoms with E-state index in [0.717, 1.165) is 18.4 Å².